The quantitative estimate of drug-likeness (QED) is 0.916. The van der Waals surface area contributed by atoms with Crippen molar-refractivity contribution >= 4 is 29.3 Å². The predicted octanol–water partition coefficient (Wildman–Crippen LogP) is 1.97. The average Bonchev–Trinajstić information content (AvgIpc) is 2.72. The molecule has 0 spiro atoms. The first kappa shape index (κ1) is 13.9. The minimum atomic E-state index is -0.236. The van der Waals surface area contributed by atoms with Gasteiger partial charge in [0.05, 0.1) is 5.92 Å². The largest absolute Gasteiger partial charge is 0.345 e. The van der Waals surface area contributed by atoms with Gasteiger partial charge in [-0.3, -0.25) is 9.59 Å². The highest BCUT2D eigenvalue weighted by molar-refractivity contribution is 7.97. The Kier molecular flexibility index (Phi) is 4.47. The van der Waals surface area contributed by atoms with E-state index in [1.807, 2.05) is 30.5 Å². The van der Waals surface area contributed by atoms with Crippen LogP contribution in [-0.4, -0.2) is 36.6 Å². The van der Waals surface area contributed by atoms with E-state index in [1.165, 1.54) is 0 Å². The lowest BCUT2D eigenvalue weighted by Gasteiger charge is -2.13. The number of carbonyl (C=O) groups excluding carboxylic acids is 2. The van der Waals surface area contributed by atoms with Crippen molar-refractivity contribution in [3.63, 3.8) is 0 Å². The fraction of sp³-hybridized carbons (Fsp3) is 0.429. The summed E-state index contributed by atoms with van der Waals surface area (Å²) >= 11 is 1.72. The number of para-hydroxylation sites is 1. The third kappa shape index (κ3) is 3.29. The highest BCUT2D eigenvalue weighted by Gasteiger charge is 2.32. The van der Waals surface area contributed by atoms with Crippen LogP contribution in [0, 0.1) is 5.92 Å². The second kappa shape index (κ2) is 6.10. The Hall–Kier alpha value is -1.49. The molecule has 2 rings (SSSR count). The number of nitrogens with one attached hydrogen (secondary N) is 1. The van der Waals surface area contributed by atoms with Gasteiger partial charge in [-0.25, -0.2) is 0 Å². The third-order valence-electron chi connectivity index (χ3n) is 3.29. The summed E-state index contributed by atoms with van der Waals surface area (Å²) in [6.07, 6.45) is 2.34. The van der Waals surface area contributed by atoms with E-state index in [4.69, 9.17) is 0 Å². The molecule has 1 heterocycles. The molecule has 1 aliphatic rings. The molecule has 5 heteroatoms. The number of likely N-dealkylation sites (tertiary alicyclic amines) is 1. The zero-order valence-electron chi connectivity index (χ0n) is 11.2. The summed E-state index contributed by atoms with van der Waals surface area (Å²) in [6.45, 7) is 0.509. The van der Waals surface area contributed by atoms with Gasteiger partial charge in [0, 0.05) is 31.5 Å². The minimum Gasteiger partial charge on any atom is -0.345 e. The van der Waals surface area contributed by atoms with Crippen LogP contribution in [-0.2, 0) is 15.3 Å². The Morgan fingerprint density at radius 3 is 2.84 bits per heavy atom. The summed E-state index contributed by atoms with van der Waals surface area (Å²) in [5, 5.41) is 2.95. The molecule has 0 aliphatic carbocycles. The highest BCUT2D eigenvalue weighted by Crippen LogP contribution is 2.22. The van der Waals surface area contributed by atoms with Gasteiger partial charge < -0.3 is 10.2 Å². The number of rotatable bonds is 4. The molecule has 1 saturated heterocycles. The van der Waals surface area contributed by atoms with Crippen LogP contribution in [0.5, 0.6) is 0 Å². The van der Waals surface area contributed by atoms with Crippen LogP contribution in [0.1, 0.15) is 12.0 Å². The molecule has 0 aromatic heterocycles. The van der Waals surface area contributed by atoms with E-state index in [0.717, 1.165) is 17.0 Å². The maximum absolute atomic E-state index is 12.2. The maximum atomic E-state index is 12.2. The molecule has 0 bridgehead atoms. The van der Waals surface area contributed by atoms with Crippen LogP contribution in [0.3, 0.4) is 0 Å². The van der Waals surface area contributed by atoms with Gasteiger partial charge in [-0.15, -0.1) is 0 Å². The van der Waals surface area contributed by atoms with Crippen molar-refractivity contribution in [2.45, 2.75) is 12.2 Å². The molecule has 1 aliphatic heterocycles. The molecule has 1 atom stereocenters. The summed E-state index contributed by atoms with van der Waals surface area (Å²) < 4.78 is 0. The fourth-order valence-electron chi connectivity index (χ4n) is 2.20. The minimum absolute atomic E-state index is 0.0394. The summed E-state index contributed by atoms with van der Waals surface area (Å²) in [4.78, 5) is 25.2. The zero-order chi connectivity index (χ0) is 13.8. The first-order valence-electron chi connectivity index (χ1n) is 6.23. The second-order valence-corrected chi connectivity index (χ2v) is 5.62. The lowest BCUT2D eigenvalue weighted by Crippen LogP contribution is -2.26. The summed E-state index contributed by atoms with van der Waals surface area (Å²) in [5.41, 5.74) is 1.96. The standard InChI is InChI=1S/C14H18N2O2S/c1-16-8-11(7-13(16)17)14(18)15-12-6-4-3-5-10(12)9-19-2/h3-6,11H,7-9H2,1-2H3,(H,15,18). The van der Waals surface area contributed by atoms with Gasteiger partial charge in [-0.1, -0.05) is 18.2 Å². The first-order valence-corrected chi connectivity index (χ1v) is 7.63. The van der Waals surface area contributed by atoms with E-state index in [0.29, 0.717) is 13.0 Å². The van der Waals surface area contributed by atoms with E-state index < -0.39 is 0 Å². The fourth-order valence-corrected chi connectivity index (χ4v) is 2.76. The number of hydrogen-bond donors (Lipinski definition) is 1. The molecule has 0 saturated carbocycles. The number of benzene rings is 1. The van der Waals surface area contributed by atoms with Crippen LogP contribution in [0.2, 0.25) is 0 Å². The Balaban J connectivity index is 2.05. The number of nitrogens with zero attached hydrogens (tertiary/aromatic N) is 1. The van der Waals surface area contributed by atoms with Crippen molar-refractivity contribution in [2.75, 3.05) is 25.2 Å². The summed E-state index contributed by atoms with van der Waals surface area (Å²) in [5.74, 6) is 0.601. The normalized spacial score (nSPS) is 18.7. The van der Waals surface area contributed by atoms with Crippen molar-refractivity contribution < 1.29 is 9.59 Å². The molecule has 102 valence electrons. The lowest BCUT2D eigenvalue weighted by molar-refractivity contribution is -0.127. The van der Waals surface area contributed by atoms with Crippen LogP contribution in [0.25, 0.3) is 0 Å². The molecule has 1 N–H and O–H groups in total. The van der Waals surface area contributed by atoms with Crippen LogP contribution in [0.4, 0.5) is 5.69 Å². The van der Waals surface area contributed by atoms with Gasteiger partial charge in [0.2, 0.25) is 11.8 Å². The Bertz CT molecular complexity index is 490. The van der Waals surface area contributed by atoms with Crippen molar-refractivity contribution in [2.24, 2.45) is 5.92 Å². The Morgan fingerprint density at radius 1 is 1.47 bits per heavy atom. The van der Waals surface area contributed by atoms with Gasteiger partial charge in [-0.2, -0.15) is 11.8 Å². The van der Waals surface area contributed by atoms with E-state index >= 15 is 0 Å². The molecule has 19 heavy (non-hydrogen) atoms. The van der Waals surface area contributed by atoms with Gasteiger partial charge >= 0.3 is 0 Å². The highest BCUT2D eigenvalue weighted by atomic mass is 32.2. The number of thioether (sulfide) groups is 1. The van der Waals surface area contributed by atoms with Crippen molar-refractivity contribution in [3.8, 4) is 0 Å². The van der Waals surface area contributed by atoms with Gasteiger partial charge in [-0.05, 0) is 17.9 Å². The zero-order valence-corrected chi connectivity index (χ0v) is 12.0. The van der Waals surface area contributed by atoms with Gasteiger partial charge in [0.15, 0.2) is 0 Å². The molecule has 2 amide bonds. The number of hydrogen-bond acceptors (Lipinski definition) is 3. The van der Waals surface area contributed by atoms with E-state index in [2.05, 4.69) is 5.32 Å². The Labute approximate surface area is 117 Å². The summed E-state index contributed by atoms with van der Waals surface area (Å²) in [6, 6.07) is 7.79. The van der Waals surface area contributed by atoms with Gasteiger partial charge in [0.1, 0.15) is 0 Å². The number of carbonyl (C=O) groups is 2. The topological polar surface area (TPSA) is 49.4 Å². The predicted molar refractivity (Wildman–Crippen MR) is 78.0 cm³/mol. The molecule has 1 fully saturated rings. The van der Waals surface area contributed by atoms with Crippen molar-refractivity contribution in [1.29, 1.82) is 0 Å². The second-order valence-electron chi connectivity index (χ2n) is 4.75. The van der Waals surface area contributed by atoms with Crippen LogP contribution < -0.4 is 5.32 Å². The van der Waals surface area contributed by atoms with Crippen molar-refractivity contribution in [1.82, 2.24) is 4.90 Å². The summed E-state index contributed by atoms with van der Waals surface area (Å²) in [7, 11) is 1.73. The first-order chi connectivity index (χ1) is 9.11. The lowest BCUT2D eigenvalue weighted by atomic mass is 10.1. The molecule has 1 aromatic carbocycles. The van der Waals surface area contributed by atoms with Crippen LogP contribution in [0.15, 0.2) is 24.3 Å². The van der Waals surface area contributed by atoms with E-state index in [-0.39, 0.29) is 17.7 Å². The molecule has 1 aromatic rings. The maximum Gasteiger partial charge on any atom is 0.229 e. The number of amides is 2. The smallest absolute Gasteiger partial charge is 0.229 e. The van der Waals surface area contributed by atoms with Crippen molar-refractivity contribution in [3.05, 3.63) is 29.8 Å². The average molecular weight is 278 g/mol. The monoisotopic (exact) mass is 278 g/mol. The van der Waals surface area contributed by atoms with E-state index in [9.17, 15) is 9.59 Å². The van der Waals surface area contributed by atoms with Gasteiger partial charge in [0.25, 0.3) is 0 Å². The molecular formula is C14H18N2O2S. The Morgan fingerprint density at radius 2 is 2.21 bits per heavy atom. The third-order valence-corrected chi connectivity index (χ3v) is 3.89. The SMILES string of the molecule is CSCc1ccccc1NC(=O)C1CC(=O)N(C)C1. The molecule has 4 nitrogen and oxygen atoms in total. The molecule has 0 radical (unpaired) electrons. The molecule has 1 unspecified atom stereocenters. The van der Waals surface area contributed by atoms with E-state index in [1.54, 1.807) is 23.7 Å². The molecular weight excluding hydrogens is 260 g/mol. The number of anilines is 1. The van der Waals surface area contributed by atoms with Crippen LogP contribution >= 0.6 is 11.8 Å².